The van der Waals surface area contributed by atoms with Crippen LogP contribution in [0.15, 0.2) is 10.9 Å². The Labute approximate surface area is 99.6 Å². The van der Waals surface area contributed by atoms with Gasteiger partial charge in [0.25, 0.3) is 0 Å². The highest BCUT2D eigenvalue weighted by Gasteiger charge is 2.31. The van der Waals surface area contributed by atoms with Gasteiger partial charge in [-0.3, -0.25) is 0 Å². The third-order valence-electron chi connectivity index (χ3n) is 3.55. The second-order valence-corrected chi connectivity index (χ2v) is 4.69. The molecule has 6 nitrogen and oxygen atoms in total. The van der Waals surface area contributed by atoms with Crippen molar-refractivity contribution in [3.63, 3.8) is 0 Å². The molecule has 1 aromatic heterocycles. The molecule has 1 unspecified atom stereocenters. The lowest BCUT2D eigenvalue weighted by Gasteiger charge is -2.39. The summed E-state index contributed by atoms with van der Waals surface area (Å²) in [6.07, 6.45) is 4.58. The highest BCUT2D eigenvalue weighted by atomic mass is 16.5. The van der Waals surface area contributed by atoms with Crippen LogP contribution in [0.4, 0.5) is 4.79 Å². The average Bonchev–Trinajstić information content (AvgIpc) is 2.80. The van der Waals surface area contributed by atoms with Crippen molar-refractivity contribution in [2.75, 3.05) is 26.2 Å². The van der Waals surface area contributed by atoms with Crippen molar-refractivity contribution in [3.8, 4) is 0 Å². The third-order valence-corrected chi connectivity index (χ3v) is 3.55. The van der Waals surface area contributed by atoms with Crippen molar-refractivity contribution in [1.82, 2.24) is 19.9 Å². The zero-order valence-electron chi connectivity index (χ0n) is 9.71. The second kappa shape index (κ2) is 4.35. The first-order chi connectivity index (χ1) is 8.34. The predicted molar refractivity (Wildman–Crippen MR) is 59.4 cm³/mol. The van der Waals surface area contributed by atoms with Crippen molar-refractivity contribution in [2.45, 2.75) is 25.2 Å². The number of aromatic nitrogens is 2. The Kier molecular flexibility index (Phi) is 2.70. The molecule has 1 aromatic rings. The van der Waals surface area contributed by atoms with E-state index in [9.17, 15) is 4.79 Å². The van der Waals surface area contributed by atoms with E-state index in [2.05, 4.69) is 10.1 Å². The van der Waals surface area contributed by atoms with Gasteiger partial charge in [0.1, 0.15) is 0 Å². The van der Waals surface area contributed by atoms with Gasteiger partial charge in [-0.15, -0.1) is 0 Å². The van der Waals surface area contributed by atoms with Gasteiger partial charge in [-0.2, -0.15) is 4.98 Å². The van der Waals surface area contributed by atoms with Gasteiger partial charge in [0.15, 0.2) is 6.33 Å². The third kappa shape index (κ3) is 1.99. The summed E-state index contributed by atoms with van der Waals surface area (Å²) in [5.74, 6) is 0.864. The van der Waals surface area contributed by atoms with Crippen molar-refractivity contribution in [1.29, 1.82) is 0 Å². The van der Waals surface area contributed by atoms with Crippen LogP contribution < -0.4 is 0 Å². The lowest BCUT2D eigenvalue weighted by molar-refractivity contribution is 0.112. The van der Waals surface area contributed by atoms with Gasteiger partial charge in [0, 0.05) is 26.2 Å². The van der Waals surface area contributed by atoms with Crippen LogP contribution in [-0.4, -0.2) is 52.2 Å². The van der Waals surface area contributed by atoms with Crippen LogP contribution in [0.2, 0.25) is 0 Å². The Balaban J connectivity index is 1.65. The summed E-state index contributed by atoms with van der Waals surface area (Å²) < 4.78 is 5.09. The Hall–Kier alpha value is -1.59. The first-order valence-corrected chi connectivity index (χ1v) is 6.15. The fourth-order valence-electron chi connectivity index (χ4n) is 2.42. The van der Waals surface area contributed by atoms with E-state index in [1.165, 1.54) is 6.33 Å². The number of carbonyl (C=O) groups excluding carboxylic acids is 1. The summed E-state index contributed by atoms with van der Waals surface area (Å²) >= 11 is 0. The summed E-state index contributed by atoms with van der Waals surface area (Å²) in [4.78, 5) is 20.0. The largest absolute Gasteiger partial charge is 0.339 e. The summed E-state index contributed by atoms with van der Waals surface area (Å²) in [7, 11) is 0. The van der Waals surface area contributed by atoms with E-state index < -0.39 is 0 Å². The molecule has 0 N–H and O–H groups in total. The van der Waals surface area contributed by atoms with Gasteiger partial charge in [-0.1, -0.05) is 5.16 Å². The summed E-state index contributed by atoms with van der Waals surface area (Å²) in [6, 6.07) is 0.167. The maximum Gasteiger partial charge on any atom is 0.320 e. The normalized spacial score (nSPS) is 24.6. The zero-order valence-corrected chi connectivity index (χ0v) is 9.71. The fraction of sp³-hybridized carbons (Fsp3) is 0.727. The molecule has 0 saturated carbocycles. The number of rotatable bonds is 1. The van der Waals surface area contributed by atoms with Crippen LogP contribution in [0.1, 0.15) is 31.1 Å². The summed E-state index contributed by atoms with van der Waals surface area (Å²) in [5, 5.41) is 3.63. The monoisotopic (exact) mass is 236 g/mol. The minimum absolute atomic E-state index is 0.167. The quantitative estimate of drug-likeness (QED) is 0.731. The van der Waals surface area contributed by atoms with Crippen molar-refractivity contribution in [2.24, 2.45) is 0 Å². The van der Waals surface area contributed by atoms with E-state index in [0.717, 1.165) is 38.9 Å². The highest BCUT2D eigenvalue weighted by Crippen LogP contribution is 2.26. The number of carbonyl (C=O) groups is 1. The van der Waals surface area contributed by atoms with Gasteiger partial charge < -0.3 is 14.3 Å². The molecule has 0 spiro atoms. The number of amides is 2. The molecule has 2 aliphatic rings. The van der Waals surface area contributed by atoms with E-state index in [0.29, 0.717) is 12.4 Å². The molecular formula is C11H16N4O2. The molecule has 3 heterocycles. The van der Waals surface area contributed by atoms with Gasteiger partial charge in [0.2, 0.25) is 5.89 Å². The SMILES string of the molecule is O=C(N1CCC1)N1CCCC(c2ncno2)C1. The van der Waals surface area contributed by atoms with E-state index in [4.69, 9.17) is 4.52 Å². The van der Waals surface area contributed by atoms with Gasteiger partial charge in [-0.25, -0.2) is 4.79 Å². The van der Waals surface area contributed by atoms with Crippen LogP contribution in [0.25, 0.3) is 0 Å². The minimum atomic E-state index is 0.167. The van der Waals surface area contributed by atoms with E-state index >= 15 is 0 Å². The number of likely N-dealkylation sites (tertiary alicyclic amines) is 2. The number of nitrogens with zero attached hydrogens (tertiary/aromatic N) is 4. The van der Waals surface area contributed by atoms with Crippen molar-refractivity contribution in [3.05, 3.63) is 12.2 Å². The number of piperidine rings is 1. The predicted octanol–water partition coefficient (Wildman–Crippen LogP) is 1.07. The van der Waals surface area contributed by atoms with Gasteiger partial charge in [-0.05, 0) is 19.3 Å². The highest BCUT2D eigenvalue weighted by molar-refractivity contribution is 5.75. The van der Waals surface area contributed by atoms with E-state index in [1.54, 1.807) is 0 Å². The molecule has 0 aliphatic carbocycles. The van der Waals surface area contributed by atoms with Crippen LogP contribution in [0.3, 0.4) is 0 Å². The van der Waals surface area contributed by atoms with E-state index in [-0.39, 0.29) is 11.9 Å². The second-order valence-electron chi connectivity index (χ2n) is 4.69. The fourth-order valence-corrected chi connectivity index (χ4v) is 2.42. The number of hydrogen-bond donors (Lipinski definition) is 0. The maximum absolute atomic E-state index is 12.1. The standard InChI is InChI=1S/C11H16N4O2/c16-11(14-5-2-6-14)15-4-1-3-9(7-15)10-12-8-13-17-10/h8-9H,1-7H2. The topological polar surface area (TPSA) is 62.5 Å². The number of hydrogen-bond acceptors (Lipinski definition) is 4. The van der Waals surface area contributed by atoms with Crippen LogP contribution >= 0.6 is 0 Å². The molecule has 0 aromatic carbocycles. The molecule has 0 bridgehead atoms. The van der Waals surface area contributed by atoms with Gasteiger partial charge >= 0.3 is 6.03 Å². The molecular weight excluding hydrogens is 220 g/mol. The molecule has 2 fully saturated rings. The lowest BCUT2D eigenvalue weighted by Crippen LogP contribution is -2.52. The number of urea groups is 1. The van der Waals surface area contributed by atoms with Crippen LogP contribution in [0.5, 0.6) is 0 Å². The van der Waals surface area contributed by atoms with E-state index in [1.807, 2.05) is 9.80 Å². The molecule has 2 amide bonds. The Morgan fingerprint density at radius 1 is 1.29 bits per heavy atom. The molecule has 6 heteroatoms. The minimum Gasteiger partial charge on any atom is -0.339 e. The van der Waals surface area contributed by atoms with Crippen LogP contribution in [-0.2, 0) is 0 Å². The van der Waals surface area contributed by atoms with Crippen LogP contribution in [0, 0.1) is 0 Å². The van der Waals surface area contributed by atoms with Gasteiger partial charge in [0.05, 0.1) is 5.92 Å². The Bertz CT molecular complexity index is 388. The molecule has 92 valence electrons. The molecule has 2 aliphatic heterocycles. The molecule has 17 heavy (non-hydrogen) atoms. The van der Waals surface area contributed by atoms with Crippen molar-refractivity contribution >= 4 is 6.03 Å². The Morgan fingerprint density at radius 2 is 2.12 bits per heavy atom. The first kappa shape index (κ1) is 10.6. The zero-order chi connectivity index (χ0) is 11.7. The first-order valence-electron chi connectivity index (χ1n) is 6.15. The molecule has 3 rings (SSSR count). The smallest absolute Gasteiger partial charge is 0.320 e. The summed E-state index contributed by atoms with van der Waals surface area (Å²) in [6.45, 7) is 3.36. The Morgan fingerprint density at radius 3 is 2.76 bits per heavy atom. The van der Waals surface area contributed by atoms with Crippen molar-refractivity contribution < 1.29 is 9.32 Å². The molecule has 0 radical (unpaired) electrons. The lowest BCUT2D eigenvalue weighted by atomic mass is 9.98. The maximum atomic E-state index is 12.1. The molecule has 2 saturated heterocycles. The average molecular weight is 236 g/mol. The molecule has 1 atom stereocenters. The summed E-state index contributed by atoms with van der Waals surface area (Å²) in [5.41, 5.74) is 0.